The van der Waals surface area contributed by atoms with Crippen molar-refractivity contribution < 1.29 is 24.2 Å². The summed E-state index contributed by atoms with van der Waals surface area (Å²) in [4.78, 5) is 50.6. The van der Waals surface area contributed by atoms with Crippen LogP contribution in [0.15, 0.2) is 54.6 Å². The summed E-state index contributed by atoms with van der Waals surface area (Å²) in [5.74, 6) is -1.70. The minimum Gasteiger partial charge on any atom is -0.394 e. The number of amides is 3. The van der Waals surface area contributed by atoms with E-state index in [1.807, 2.05) is 54.3 Å². The molecule has 0 aliphatic carbocycles. The average Bonchev–Trinajstić information content (AvgIpc) is 3.27. The van der Waals surface area contributed by atoms with Crippen LogP contribution in [0.2, 0.25) is 0 Å². The van der Waals surface area contributed by atoms with Gasteiger partial charge < -0.3 is 24.5 Å². The average molecular weight is 581 g/mol. The normalized spacial score (nSPS) is 34.4. The van der Waals surface area contributed by atoms with E-state index in [2.05, 4.69) is 17.1 Å². The highest BCUT2D eigenvalue weighted by atomic mass is 32.2. The van der Waals surface area contributed by atoms with E-state index in [1.165, 1.54) is 0 Å². The number of morpholine rings is 1. The molecule has 1 unspecified atom stereocenters. The molecule has 6 rings (SSSR count). The van der Waals surface area contributed by atoms with E-state index in [4.69, 9.17) is 4.74 Å². The first-order valence-corrected chi connectivity index (χ1v) is 15.5. The van der Waals surface area contributed by atoms with Gasteiger partial charge in [-0.05, 0) is 18.9 Å². The first-order chi connectivity index (χ1) is 19.8. The molecule has 41 heavy (non-hydrogen) atoms. The third-order valence-corrected chi connectivity index (χ3v) is 11.3. The third-order valence-electron chi connectivity index (χ3n) is 9.49. The molecular weight excluding hydrogens is 540 g/mol. The standard InChI is InChI=1S/C31H40N4O5S/c1-30-10-6-12-32(2)27(37)24(30)25-28(38)35(23(21-36)20-22-8-4-3-5-9-22)26-29(39)34(13-7-11-31(25,26)41-30)15-14-33-16-18-40-19-17-33/h3-11,23-26,36H,12-21H2,1-2H3/t23-,24+,25+,26?,30-,31+/m1/s1. The molecule has 220 valence electrons. The summed E-state index contributed by atoms with van der Waals surface area (Å²) in [6.07, 6.45) is 8.57. The van der Waals surface area contributed by atoms with Crippen LogP contribution in [0.1, 0.15) is 12.5 Å². The van der Waals surface area contributed by atoms with Gasteiger partial charge >= 0.3 is 0 Å². The maximum Gasteiger partial charge on any atom is 0.247 e. The number of aliphatic hydroxyl groups excluding tert-OH is 1. The van der Waals surface area contributed by atoms with Crippen molar-refractivity contribution in [2.45, 2.75) is 34.9 Å². The van der Waals surface area contributed by atoms with Crippen LogP contribution in [0.5, 0.6) is 0 Å². The van der Waals surface area contributed by atoms with Crippen molar-refractivity contribution >= 4 is 29.5 Å². The number of hydrogen-bond donors (Lipinski definition) is 1. The number of thioether (sulfide) groups is 1. The van der Waals surface area contributed by atoms with E-state index in [0.717, 1.165) is 25.2 Å². The summed E-state index contributed by atoms with van der Waals surface area (Å²) in [6.45, 7) is 7.01. The molecule has 0 bridgehead atoms. The van der Waals surface area contributed by atoms with Gasteiger partial charge in [0.2, 0.25) is 17.7 Å². The predicted molar refractivity (Wildman–Crippen MR) is 157 cm³/mol. The van der Waals surface area contributed by atoms with Crippen molar-refractivity contribution in [2.24, 2.45) is 11.8 Å². The van der Waals surface area contributed by atoms with Crippen LogP contribution in [-0.2, 0) is 25.5 Å². The Bertz CT molecular complexity index is 1240. The minimum atomic E-state index is -0.913. The lowest BCUT2D eigenvalue weighted by molar-refractivity contribution is -0.147. The van der Waals surface area contributed by atoms with E-state index in [1.54, 1.807) is 28.6 Å². The highest BCUT2D eigenvalue weighted by Crippen LogP contribution is 2.65. The van der Waals surface area contributed by atoms with E-state index in [-0.39, 0.29) is 24.3 Å². The van der Waals surface area contributed by atoms with Crippen molar-refractivity contribution in [2.75, 3.05) is 66.1 Å². The number of fused-ring (bicyclic) bond motifs is 2. The van der Waals surface area contributed by atoms with Crippen LogP contribution >= 0.6 is 11.8 Å². The molecule has 0 saturated carbocycles. The Balaban J connectivity index is 1.40. The second-order valence-electron chi connectivity index (χ2n) is 12.0. The van der Waals surface area contributed by atoms with Crippen molar-refractivity contribution in [1.82, 2.24) is 19.6 Å². The molecule has 3 fully saturated rings. The zero-order chi connectivity index (χ0) is 28.8. The van der Waals surface area contributed by atoms with Crippen LogP contribution in [0, 0.1) is 11.8 Å². The Labute approximate surface area is 246 Å². The Kier molecular flexibility index (Phi) is 7.78. The molecule has 1 aromatic carbocycles. The van der Waals surface area contributed by atoms with Crippen molar-refractivity contribution in [3.8, 4) is 0 Å². The molecule has 1 spiro atoms. The minimum absolute atomic E-state index is 0.0706. The SMILES string of the molecule is CN1CC=C[C@@]2(C)S[C@]34C=CCN(CCN5CCOCC5)C(=O)C3N([C@@H](CO)Cc3ccccc3)C(=O)[C@@H]4[C@H]2C1=O. The lowest BCUT2D eigenvalue weighted by atomic mass is 9.74. The molecule has 5 aliphatic rings. The van der Waals surface area contributed by atoms with Crippen LogP contribution < -0.4 is 0 Å². The first-order valence-electron chi connectivity index (χ1n) is 14.7. The number of likely N-dealkylation sites (tertiary alicyclic amines) is 1. The van der Waals surface area contributed by atoms with Gasteiger partial charge in [-0.2, -0.15) is 0 Å². The van der Waals surface area contributed by atoms with Gasteiger partial charge in [0.15, 0.2) is 0 Å². The van der Waals surface area contributed by atoms with E-state index in [9.17, 15) is 19.5 Å². The Hall–Kier alpha value is -2.66. The number of carbonyl (C=O) groups is 3. The smallest absolute Gasteiger partial charge is 0.247 e. The number of ether oxygens (including phenoxy) is 1. The van der Waals surface area contributed by atoms with Crippen LogP contribution in [0.4, 0.5) is 0 Å². The summed E-state index contributed by atoms with van der Waals surface area (Å²) >= 11 is 1.59. The molecule has 3 saturated heterocycles. The zero-order valence-corrected chi connectivity index (χ0v) is 24.7. The quantitative estimate of drug-likeness (QED) is 0.482. The fourth-order valence-corrected chi connectivity index (χ4v) is 9.59. The molecular formula is C31H40N4O5S. The van der Waals surface area contributed by atoms with Crippen LogP contribution in [0.3, 0.4) is 0 Å². The Morgan fingerprint density at radius 3 is 2.44 bits per heavy atom. The molecule has 6 atom stereocenters. The topological polar surface area (TPSA) is 93.6 Å². The van der Waals surface area contributed by atoms with Gasteiger partial charge in [-0.25, -0.2) is 0 Å². The van der Waals surface area contributed by atoms with E-state index in [0.29, 0.717) is 39.3 Å². The lowest BCUT2D eigenvalue weighted by Crippen LogP contribution is -2.58. The number of rotatable bonds is 7. The zero-order valence-electron chi connectivity index (χ0n) is 23.9. The highest BCUT2D eigenvalue weighted by molar-refractivity contribution is 8.02. The molecule has 5 aliphatic heterocycles. The molecule has 3 amide bonds. The van der Waals surface area contributed by atoms with Crippen molar-refractivity contribution in [3.63, 3.8) is 0 Å². The van der Waals surface area contributed by atoms with Gasteiger partial charge in [-0.15, -0.1) is 11.8 Å². The summed E-state index contributed by atoms with van der Waals surface area (Å²) in [5.41, 5.74) is 0.983. The van der Waals surface area contributed by atoms with Gasteiger partial charge in [0.05, 0.1) is 42.4 Å². The highest BCUT2D eigenvalue weighted by Gasteiger charge is 2.74. The molecule has 5 heterocycles. The van der Waals surface area contributed by atoms with Gasteiger partial charge in [0.1, 0.15) is 6.04 Å². The summed E-state index contributed by atoms with van der Waals surface area (Å²) in [7, 11) is 1.77. The molecule has 1 aromatic rings. The maximum atomic E-state index is 14.6. The number of carbonyl (C=O) groups excluding carboxylic acids is 3. The van der Waals surface area contributed by atoms with Gasteiger partial charge in [0, 0.05) is 51.1 Å². The molecule has 1 N–H and O–H groups in total. The lowest BCUT2D eigenvalue weighted by Gasteiger charge is -2.40. The molecule has 9 nitrogen and oxygen atoms in total. The monoisotopic (exact) mass is 580 g/mol. The fraction of sp³-hybridized carbons (Fsp3) is 0.581. The summed E-state index contributed by atoms with van der Waals surface area (Å²) in [5, 5.41) is 10.7. The third kappa shape index (κ3) is 4.82. The second-order valence-corrected chi connectivity index (χ2v) is 13.8. The van der Waals surface area contributed by atoms with Crippen molar-refractivity contribution in [1.29, 1.82) is 0 Å². The van der Waals surface area contributed by atoms with E-state index < -0.39 is 33.4 Å². The second kappa shape index (κ2) is 11.2. The predicted octanol–water partition coefficient (Wildman–Crippen LogP) is 1.04. The van der Waals surface area contributed by atoms with Gasteiger partial charge in [0.25, 0.3) is 0 Å². The molecule has 10 heteroatoms. The van der Waals surface area contributed by atoms with Gasteiger partial charge in [-0.3, -0.25) is 19.3 Å². The van der Waals surface area contributed by atoms with Crippen molar-refractivity contribution in [3.05, 3.63) is 60.2 Å². The number of likely N-dealkylation sites (N-methyl/N-ethyl adjacent to an activating group) is 1. The number of benzene rings is 1. The van der Waals surface area contributed by atoms with E-state index >= 15 is 0 Å². The molecule has 0 radical (unpaired) electrons. The van der Waals surface area contributed by atoms with Gasteiger partial charge in [-0.1, -0.05) is 54.6 Å². The van der Waals surface area contributed by atoms with Crippen LogP contribution in [0.25, 0.3) is 0 Å². The van der Waals surface area contributed by atoms with Crippen LogP contribution in [-0.4, -0.2) is 130 Å². The number of hydrogen-bond acceptors (Lipinski definition) is 7. The number of nitrogens with zero attached hydrogens (tertiary/aromatic N) is 4. The molecule has 0 aromatic heterocycles. The largest absolute Gasteiger partial charge is 0.394 e. The maximum absolute atomic E-state index is 14.6. The Morgan fingerprint density at radius 2 is 1.71 bits per heavy atom. The first kappa shape index (κ1) is 28.5. The fourth-order valence-electron chi connectivity index (χ4n) is 7.45. The summed E-state index contributed by atoms with van der Waals surface area (Å²) < 4.78 is 3.95. The number of aliphatic hydroxyl groups is 1. The Morgan fingerprint density at radius 1 is 0.976 bits per heavy atom. The summed E-state index contributed by atoms with van der Waals surface area (Å²) in [6, 6.07) is 8.36.